The van der Waals surface area contributed by atoms with Crippen LogP contribution in [0.15, 0.2) is 52.9 Å². The zero-order valence-electron chi connectivity index (χ0n) is 13.7. The van der Waals surface area contributed by atoms with Gasteiger partial charge in [-0.25, -0.2) is 0 Å². The smallest absolute Gasteiger partial charge is 0.250 e. The summed E-state index contributed by atoms with van der Waals surface area (Å²) in [4.78, 5) is 13.5. The lowest BCUT2D eigenvalue weighted by Crippen LogP contribution is -2.28. The topological polar surface area (TPSA) is 47.6 Å². The number of carbonyl (C=O) groups excluding carboxylic acids is 1. The molecule has 0 unspecified atom stereocenters. The van der Waals surface area contributed by atoms with Crippen LogP contribution < -0.4 is 14.8 Å². The van der Waals surface area contributed by atoms with Crippen molar-refractivity contribution in [2.45, 2.75) is 11.4 Å². The van der Waals surface area contributed by atoms with Crippen molar-refractivity contribution >= 4 is 23.7 Å². The number of fused-ring (bicyclic) bond motifs is 1. The minimum absolute atomic E-state index is 0.106. The summed E-state index contributed by atoms with van der Waals surface area (Å²) in [6, 6.07) is 13.7. The van der Waals surface area contributed by atoms with E-state index < -0.39 is 0 Å². The highest BCUT2D eigenvalue weighted by Crippen LogP contribution is 2.30. The molecule has 24 heavy (non-hydrogen) atoms. The highest BCUT2D eigenvalue weighted by atomic mass is 32.2. The van der Waals surface area contributed by atoms with Gasteiger partial charge in [0, 0.05) is 23.1 Å². The quantitative estimate of drug-likeness (QED) is 0.846. The highest BCUT2D eigenvalue weighted by Gasteiger charge is 2.17. The Hall–Kier alpha value is -2.40. The average Bonchev–Trinajstić information content (AvgIpc) is 2.65. The molecule has 5 heteroatoms. The first-order valence-corrected chi connectivity index (χ1v) is 8.84. The summed E-state index contributed by atoms with van der Waals surface area (Å²) in [6.07, 6.45) is 3.91. The van der Waals surface area contributed by atoms with Crippen LogP contribution in [0.1, 0.15) is 11.1 Å². The molecule has 1 amide bonds. The number of thioether (sulfide) groups is 1. The molecule has 0 fully saturated rings. The zero-order chi connectivity index (χ0) is 16.9. The van der Waals surface area contributed by atoms with E-state index in [1.54, 1.807) is 18.9 Å². The van der Waals surface area contributed by atoms with E-state index in [9.17, 15) is 4.79 Å². The Morgan fingerprint density at radius 3 is 2.75 bits per heavy atom. The summed E-state index contributed by atoms with van der Waals surface area (Å²) in [6.45, 7) is 0.762. The van der Waals surface area contributed by atoms with Crippen molar-refractivity contribution in [3.63, 3.8) is 0 Å². The molecule has 0 saturated heterocycles. The number of rotatable bonds is 5. The number of methoxy groups -OCH3 is 1. The Labute approximate surface area is 145 Å². The van der Waals surface area contributed by atoms with Gasteiger partial charge in [0.25, 0.3) is 5.91 Å². The second kappa shape index (κ2) is 7.45. The van der Waals surface area contributed by atoms with Gasteiger partial charge in [-0.2, -0.15) is 0 Å². The van der Waals surface area contributed by atoms with Crippen molar-refractivity contribution in [3.05, 3.63) is 59.2 Å². The average molecular weight is 341 g/mol. The molecule has 1 aliphatic heterocycles. The largest absolute Gasteiger partial charge is 0.497 e. The molecule has 0 radical (unpaired) electrons. The first-order valence-electron chi connectivity index (χ1n) is 7.62. The number of amides is 1. The second-order valence-corrected chi connectivity index (χ2v) is 6.27. The Morgan fingerprint density at radius 2 is 2.04 bits per heavy atom. The number of carbonyl (C=O) groups is 1. The van der Waals surface area contributed by atoms with E-state index in [4.69, 9.17) is 9.47 Å². The molecule has 0 aliphatic carbocycles. The molecule has 1 heterocycles. The molecular weight excluding hydrogens is 322 g/mol. The molecule has 0 bridgehead atoms. The Bertz CT molecular complexity index is 769. The SMILES string of the molecule is COc1ccc2c(c1)OCC(C(=O)NCc1ccc(SC)cc1)=C2. The van der Waals surface area contributed by atoms with Gasteiger partial charge in [0.1, 0.15) is 18.1 Å². The van der Waals surface area contributed by atoms with Gasteiger partial charge in [0.15, 0.2) is 0 Å². The second-order valence-electron chi connectivity index (χ2n) is 5.39. The van der Waals surface area contributed by atoms with Gasteiger partial charge in [0.05, 0.1) is 12.7 Å². The lowest BCUT2D eigenvalue weighted by molar-refractivity contribution is -0.117. The molecule has 2 aromatic rings. The molecule has 124 valence electrons. The van der Waals surface area contributed by atoms with E-state index >= 15 is 0 Å². The van der Waals surface area contributed by atoms with Gasteiger partial charge in [-0.15, -0.1) is 11.8 Å². The summed E-state index contributed by atoms with van der Waals surface area (Å²) >= 11 is 1.70. The molecule has 0 spiro atoms. The fourth-order valence-corrected chi connectivity index (χ4v) is 2.85. The maximum absolute atomic E-state index is 12.3. The van der Waals surface area contributed by atoms with Crippen LogP contribution in [0.25, 0.3) is 6.08 Å². The van der Waals surface area contributed by atoms with Gasteiger partial charge in [-0.3, -0.25) is 4.79 Å². The Morgan fingerprint density at radius 1 is 1.25 bits per heavy atom. The fraction of sp³-hybridized carbons (Fsp3) is 0.211. The van der Waals surface area contributed by atoms with Crippen molar-refractivity contribution in [1.82, 2.24) is 5.32 Å². The Balaban J connectivity index is 1.65. The van der Waals surface area contributed by atoms with E-state index in [-0.39, 0.29) is 12.5 Å². The van der Waals surface area contributed by atoms with Gasteiger partial charge < -0.3 is 14.8 Å². The third-order valence-corrected chi connectivity index (χ3v) is 4.58. The molecule has 2 aromatic carbocycles. The van der Waals surface area contributed by atoms with Gasteiger partial charge in [0.2, 0.25) is 0 Å². The highest BCUT2D eigenvalue weighted by molar-refractivity contribution is 7.98. The van der Waals surface area contributed by atoms with Gasteiger partial charge in [-0.1, -0.05) is 12.1 Å². The lowest BCUT2D eigenvalue weighted by atomic mass is 10.1. The van der Waals surface area contributed by atoms with Gasteiger partial charge >= 0.3 is 0 Å². The molecule has 0 atom stereocenters. The van der Waals surface area contributed by atoms with E-state index in [2.05, 4.69) is 17.4 Å². The number of nitrogens with one attached hydrogen (secondary N) is 1. The predicted octanol–water partition coefficient (Wildman–Crippen LogP) is 3.51. The third-order valence-electron chi connectivity index (χ3n) is 3.84. The van der Waals surface area contributed by atoms with Crippen LogP contribution in [-0.4, -0.2) is 25.9 Å². The molecule has 0 aromatic heterocycles. The van der Waals surface area contributed by atoms with Crippen LogP contribution in [-0.2, 0) is 11.3 Å². The molecule has 1 N–H and O–H groups in total. The van der Waals surface area contributed by atoms with Crippen molar-refractivity contribution in [1.29, 1.82) is 0 Å². The van der Waals surface area contributed by atoms with Crippen LogP contribution in [0, 0.1) is 0 Å². The van der Waals surface area contributed by atoms with Crippen molar-refractivity contribution < 1.29 is 14.3 Å². The molecule has 4 nitrogen and oxygen atoms in total. The number of ether oxygens (including phenoxy) is 2. The maximum atomic E-state index is 12.3. The minimum atomic E-state index is -0.106. The first-order chi connectivity index (χ1) is 11.7. The third kappa shape index (κ3) is 3.74. The molecular formula is C19H19NO3S. The Kier molecular flexibility index (Phi) is 5.11. The standard InChI is InChI=1S/C19H19NO3S/c1-22-16-6-5-14-9-15(12-23-18(14)10-16)19(21)20-11-13-3-7-17(24-2)8-4-13/h3-10H,11-12H2,1-2H3,(H,20,21). The number of hydrogen-bond acceptors (Lipinski definition) is 4. The summed E-state index contributed by atoms with van der Waals surface area (Å²) in [5.74, 6) is 1.37. The van der Waals surface area contributed by atoms with Crippen molar-refractivity contribution in [2.75, 3.05) is 20.0 Å². The summed E-state index contributed by atoms with van der Waals surface area (Å²) in [5, 5.41) is 2.94. The number of hydrogen-bond donors (Lipinski definition) is 1. The van der Waals surface area contributed by atoms with Crippen molar-refractivity contribution in [2.24, 2.45) is 0 Å². The lowest BCUT2D eigenvalue weighted by Gasteiger charge is -2.18. The van der Waals surface area contributed by atoms with E-state index in [0.29, 0.717) is 12.1 Å². The van der Waals surface area contributed by atoms with E-state index in [1.165, 1.54) is 4.90 Å². The predicted molar refractivity (Wildman–Crippen MR) is 96.5 cm³/mol. The fourth-order valence-electron chi connectivity index (χ4n) is 2.44. The van der Waals surface area contributed by atoms with Crippen LogP contribution in [0.4, 0.5) is 0 Å². The normalized spacial score (nSPS) is 12.7. The number of benzene rings is 2. The van der Waals surface area contributed by atoms with Crippen molar-refractivity contribution in [3.8, 4) is 11.5 Å². The van der Waals surface area contributed by atoms with Crippen LogP contribution >= 0.6 is 11.8 Å². The monoisotopic (exact) mass is 341 g/mol. The van der Waals surface area contributed by atoms with Crippen LogP contribution in [0.3, 0.4) is 0 Å². The molecule has 1 aliphatic rings. The van der Waals surface area contributed by atoms with Crippen LogP contribution in [0.2, 0.25) is 0 Å². The van der Waals surface area contributed by atoms with Crippen LogP contribution in [0.5, 0.6) is 11.5 Å². The molecule has 3 rings (SSSR count). The summed E-state index contributed by atoms with van der Waals surface area (Å²) in [7, 11) is 1.62. The maximum Gasteiger partial charge on any atom is 0.250 e. The minimum Gasteiger partial charge on any atom is -0.497 e. The van der Waals surface area contributed by atoms with E-state index in [1.807, 2.05) is 42.7 Å². The summed E-state index contributed by atoms with van der Waals surface area (Å²) < 4.78 is 10.8. The molecule has 0 saturated carbocycles. The summed E-state index contributed by atoms with van der Waals surface area (Å²) in [5.41, 5.74) is 2.58. The van der Waals surface area contributed by atoms with Gasteiger partial charge in [-0.05, 0) is 42.2 Å². The zero-order valence-corrected chi connectivity index (χ0v) is 14.5. The van der Waals surface area contributed by atoms with E-state index in [0.717, 1.165) is 22.6 Å². The first kappa shape index (κ1) is 16.5.